The molecule has 0 aliphatic heterocycles. The molecule has 0 amide bonds. The van der Waals surface area contributed by atoms with E-state index in [0.29, 0.717) is 22.1 Å². The van der Waals surface area contributed by atoms with Gasteiger partial charge in [0.05, 0.1) is 11.4 Å². The summed E-state index contributed by atoms with van der Waals surface area (Å²) < 4.78 is 32.9. The second kappa shape index (κ2) is 7.63. The molecule has 6 nitrogen and oxygen atoms in total. The normalized spacial score (nSPS) is 11.6. The zero-order valence-corrected chi connectivity index (χ0v) is 16.7. The van der Waals surface area contributed by atoms with Crippen molar-refractivity contribution in [2.45, 2.75) is 11.8 Å². The Balaban J connectivity index is 0.00000225. The first-order valence-corrected chi connectivity index (χ1v) is 8.58. The summed E-state index contributed by atoms with van der Waals surface area (Å²) in [4.78, 5) is -0.244. The van der Waals surface area contributed by atoms with Gasteiger partial charge in [-0.25, -0.2) is 0 Å². The average Bonchev–Trinajstić information content (AvgIpc) is 2.54. The summed E-state index contributed by atoms with van der Waals surface area (Å²) in [5.74, 6) is 0. The minimum Gasteiger partial charge on any atom is -0.396 e. The summed E-state index contributed by atoms with van der Waals surface area (Å²) in [5, 5.41) is 9.05. The predicted molar refractivity (Wildman–Crippen MR) is 93.5 cm³/mol. The van der Waals surface area contributed by atoms with Crippen LogP contribution in [0.1, 0.15) is 5.56 Å². The zero-order valence-electron chi connectivity index (χ0n) is 13.8. The molecule has 0 aliphatic rings. The van der Waals surface area contributed by atoms with E-state index in [0.717, 1.165) is 5.56 Å². The van der Waals surface area contributed by atoms with Crippen LogP contribution in [0, 0.1) is 6.92 Å². The topological polar surface area (TPSA) is 105 Å². The van der Waals surface area contributed by atoms with Crippen LogP contribution in [0.25, 0.3) is 10.8 Å². The largest absolute Gasteiger partial charge is 1.00 e. The third-order valence-corrected chi connectivity index (χ3v) is 4.58. The summed E-state index contributed by atoms with van der Waals surface area (Å²) in [5.41, 5.74) is 8.17. The van der Waals surface area contributed by atoms with Gasteiger partial charge in [0.1, 0.15) is 10.6 Å². The minimum atomic E-state index is -4.42. The number of benzene rings is 3. The third-order valence-electron chi connectivity index (χ3n) is 3.69. The van der Waals surface area contributed by atoms with Crippen LogP contribution in [-0.4, -0.2) is 13.0 Å². The van der Waals surface area contributed by atoms with Gasteiger partial charge in [-0.05, 0) is 24.6 Å². The molecule has 0 unspecified atom stereocenters. The molecular weight excluding hydrogens is 349 g/mol. The summed E-state index contributed by atoms with van der Waals surface area (Å²) >= 11 is 0. The van der Waals surface area contributed by atoms with Crippen LogP contribution in [0.15, 0.2) is 69.7 Å². The third kappa shape index (κ3) is 4.08. The van der Waals surface area contributed by atoms with Crippen molar-refractivity contribution in [1.29, 1.82) is 0 Å². The van der Waals surface area contributed by atoms with Crippen LogP contribution in [0.3, 0.4) is 0 Å². The molecule has 0 saturated heterocycles. The number of rotatable bonds is 3. The Morgan fingerprint density at radius 2 is 1.48 bits per heavy atom. The van der Waals surface area contributed by atoms with Gasteiger partial charge in [0, 0.05) is 10.8 Å². The van der Waals surface area contributed by atoms with Gasteiger partial charge in [-0.3, -0.25) is 4.55 Å². The molecule has 0 radical (unpaired) electrons. The van der Waals surface area contributed by atoms with Gasteiger partial charge in [-0.15, -0.1) is 5.11 Å². The van der Waals surface area contributed by atoms with Gasteiger partial charge in [-0.1, -0.05) is 42.5 Å². The maximum Gasteiger partial charge on any atom is 1.00 e. The summed E-state index contributed by atoms with van der Waals surface area (Å²) in [6, 6.07) is 15.3. The molecule has 0 aromatic heterocycles. The van der Waals surface area contributed by atoms with Crippen LogP contribution in [0.2, 0.25) is 0 Å². The maximum absolute atomic E-state index is 11.7. The van der Waals surface area contributed by atoms with E-state index in [1.807, 2.05) is 25.1 Å². The molecule has 3 N–H and O–H groups in total. The number of azo groups is 1. The fourth-order valence-corrected chi connectivity index (χ4v) is 3.15. The molecule has 3 aromatic rings. The minimum absolute atomic E-state index is 0. The van der Waals surface area contributed by atoms with Crippen molar-refractivity contribution in [2.75, 3.05) is 5.73 Å². The Morgan fingerprint density at radius 3 is 2.12 bits per heavy atom. The van der Waals surface area contributed by atoms with Crippen molar-refractivity contribution in [3.05, 3.63) is 60.2 Å². The summed E-state index contributed by atoms with van der Waals surface area (Å²) in [7, 11) is -4.42. The van der Waals surface area contributed by atoms with E-state index < -0.39 is 10.1 Å². The molecule has 0 heterocycles. The first-order valence-electron chi connectivity index (χ1n) is 7.14. The number of hydrogen-bond donors (Lipinski definition) is 2. The number of anilines is 1. The van der Waals surface area contributed by atoms with E-state index in [4.69, 9.17) is 5.73 Å². The second-order valence-corrected chi connectivity index (χ2v) is 6.70. The van der Waals surface area contributed by atoms with Crippen molar-refractivity contribution < 1.29 is 42.5 Å². The van der Waals surface area contributed by atoms with Gasteiger partial charge >= 0.3 is 29.6 Å². The molecule has 0 fully saturated rings. The van der Waals surface area contributed by atoms with Gasteiger partial charge in [0.2, 0.25) is 0 Å². The van der Waals surface area contributed by atoms with E-state index >= 15 is 0 Å². The van der Waals surface area contributed by atoms with Crippen molar-refractivity contribution in [2.24, 2.45) is 10.2 Å². The standard InChI is InChI=1S/C17H15N3O3S.Na/c1-11-6-2-5-9-14(11)19-20-15-10-16(24(21,22)23)12-7-3-4-8-13(12)17(15)18;/h2-10H,18H2,1H3,(H,21,22,23);/q;+1. The van der Waals surface area contributed by atoms with E-state index in [2.05, 4.69) is 10.2 Å². The monoisotopic (exact) mass is 364 g/mol. The van der Waals surface area contributed by atoms with Crippen LogP contribution >= 0.6 is 0 Å². The number of nitrogen functional groups attached to an aromatic ring is 1. The Bertz CT molecular complexity index is 1070. The summed E-state index contributed by atoms with van der Waals surface area (Å²) in [6.07, 6.45) is 0. The predicted octanol–water partition coefficient (Wildman–Crippen LogP) is 1.40. The molecule has 0 atom stereocenters. The molecule has 0 spiro atoms. The van der Waals surface area contributed by atoms with Gasteiger partial charge < -0.3 is 5.73 Å². The molecule has 0 aliphatic carbocycles. The molecule has 25 heavy (non-hydrogen) atoms. The Hall–Kier alpha value is -1.77. The second-order valence-electron chi connectivity index (χ2n) is 5.31. The number of fused-ring (bicyclic) bond motifs is 1. The number of nitrogens with zero attached hydrogens (tertiary/aromatic N) is 2. The van der Waals surface area contributed by atoms with Crippen molar-refractivity contribution >= 4 is 38.0 Å². The smallest absolute Gasteiger partial charge is 0.396 e. The Morgan fingerprint density at radius 1 is 0.920 bits per heavy atom. The first kappa shape index (κ1) is 19.6. The number of hydrogen-bond acceptors (Lipinski definition) is 5. The van der Waals surface area contributed by atoms with Gasteiger partial charge in [0.25, 0.3) is 10.1 Å². The van der Waals surface area contributed by atoms with Crippen molar-refractivity contribution in [3.63, 3.8) is 0 Å². The van der Waals surface area contributed by atoms with E-state index in [1.165, 1.54) is 6.07 Å². The van der Waals surface area contributed by atoms with Crippen LogP contribution in [0.5, 0.6) is 0 Å². The zero-order chi connectivity index (χ0) is 17.3. The Kier molecular flexibility index (Phi) is 5.97. The van der Waals surface area contributed by atoms with Crippen LogP contribution < -0.4 is 35.3 Å². The molecular formula is C17H15N3NaO3S+. The maximum atomic E-state index is 11.7. The van der Waals surface area contributed by atoms with Crippen LogP contribution in [-0.2, 0) is 10.1 Å². The molecule has 0 saturated carbocycles. The van der Waals surface area contributed by atoms with E-state index in [-0.39, 0.29) is 40.1 Å². The van der Waals surface area contributed by atoms with E-state index in [1.54, 1.807) is 30.3 Å². The van der Waals surface area contributed by atoms with Crippen LogP contribution in [0.4, 0.5) is 17.1 Å². The van der Waals surface area contributed by atoms with Gasteiger partial charge in [-0.2, -0.15) is 13.5 Å². The quantitative estimate of drug-likeness (QED) is 0.317. The van der Waals surface area contributed by atoms with Crippen molar-refractivity contribution in [1.82, 2.24) is 0 Å². The molecule has 3 aromatic carbocycles. The Labute approximate surface area is 167 Å². The van der Waals surface area contributed by atoms with E-state index in [9.17, 15) is 13.0 Å². The molecule has 122 valence electrons. The average molecular weight is 364 g/mol. The molecule has 3 rings (SSSR count). The fourth-order valence-electron chi connectivity index (χ4n) is 2.43. The summed E-state index contributed by atoms with van der Waals surface area (Å²) in [6.45, 7) is 1.89. The first-order chi connectivity index (χ1) is 11.4. The number of aryl methyl sites for hydroxylation is 1. The SMILES string of the molecule is Cc1ccccc1N=Nc1cc(S(=O)(=O)O)c2ccccc2c1N.[Na+]. The number of nitrogens with two attached hydrogens (primary N) is 1. The fraction of sp³-hybridized carbons (Fsp3) is 0.0588. The van der Waals surface area contributed by atoms with Crippen molar-refractivity contribution in [3.8, 4) is 0 Å². The molecule has 0 bridgehead atoms. The molecule has 8 heteroatoms. The van der Waals surface area contributed by atoms with Gasteiger partial charge in [0.15, 0.2) is 0 Å².